The van der Waals surface area contributed by atoms with Gasteiger partial charge in [-0.25, -0.2) is 4.98 Å². The largest absolute Gasteiger partial charge is 0.394 e. The van der Waals surface area contributed by atoms with E-state index in [-0.39, 0.29) is 12.3 Å². The molecule has 1 heterocycles. The number of oxime groups is 1. The average Bonchev–Trinajstić information content (AvgIpc) is 2.60. The number of hydrogen-bond acceptors (Lipinski definition) is 6. The predicted octanol–water partition coefficient (Wildman–Crippen LogP) is 0.795. The van der Waals surface area contributed by atoms with Crippen molar-refractivity contribution in [1.29, 1.82) is 0 Å². The zero-order chi connectivity index (χ0) is 10.4. The number of halogens is 1. The monoisotopic (exact) mass is 232 g/mol. The molecule has 2 N–H and O–H groups in total. The fourth-order valence-electron chi connectivity index (χ4n) is 0.659. The van der Waals surface area contributed by atoms with Gasteiger partial charge in [0.2, 0.25) is 0 Å². The van der Waals surface area contributed by atoms with Gasteiger partial charge in [0.05, 0.1) is 5.88 Å². The molecule has 1 aromatic heterocycles. The third-order valence-electron chi connectivity index (χ3n) is 1.19. The van der Waals surface area contributed by atoms with Crippen LogP contribution in [0.2, 0.25) is 0 Å². The van der Waals surface area contributed by atoms with Crippen molar-refractivity contribution < 1.29 is 9.63 Å². The van der Waals surface area contributed by atoms with E-state index in [1.807, 2.05) is 0 Å². The minimum absolute atomic E-state index is 0.0110. The molecule has 14 heavy (non-hydrogen) atoms. The summed E-state index contributed by atoms with van der Waals surface area (Å²) in [6.07, 6.45) is 1.61. The molecular formula is C7H7ClN3O2S. The smallest absolute Gasteiger partial charge is 0.259 e. The maximum Gasteiger partial charge on any atom is 0.259 e. The Labute approximate surface area is 89.5 Å². The van der Waals surface area contributed by atoms with E-state index in [2.05, 4.69) is 10.1 Å². The Bertz CT molecular complexity index is 339. The van der Waals surface area contributed by atoms with Gasteiger partial charge in [-0.15, -0.1) is 22.9 Å². The number of carbonyl (C=O) groups excluding carboxylic acids is 1. The Morgan fingerprint density at radius 3 is 3.14 bits per heavy atom. The van der Waals surface area contributed by atoms with E-state index in [0.717, 1.165) is 0 Å². The number of nitrogens with two attached hydrogens (primary N) is 1. The van der Waals surface area contributed by atoms with E-state index in [0.29, 0.717) is 16.7 Å². The molecule has 0 saturated carbocycles. The molecule has 0 unspecified atom stereocenters. The average molecular weight is 233 g/mol. The molecule has 1 aromatic rings. The topological polar surface area (TPSA) is 77.6 Å². The van der Waals surface area contributed by atoms with Crippen molar-refractivity contribution in [3.63, 3.8) is 0 Å². The van der Waals surface area contributed by atoms with Crippen LogP contribution in [0.25, 0.3) is 0 Å². The fourth-order valence-corrected chi connectivity index (χ4v) is 1.28. The molecule has 0 spiro atoms. The van der Waals surface area contributed by atoms with Crippen LogP contribution in [0.3, 0.4) is 0 Å². The van der Waals surface area contributed by atoms with Gasteiger partial charge in [0.15, 0.2) is 10.8 Å². The van der Waals surface area contributed by atoms with E-state index in [4.69, 9.17) is 22.2 Å². The van der Waals surface area contributed by atoms with Crippen molar-refractivity contribution in [2.75, 3.05) is 18.2 Å². The molecule has 0 fully saturated rings. The molecule has 1 radical (unpaired) electrons. The Balaban J connectivity index is 2.71. The minimum Gasteiger partial charge on any atom is -0.394 e. The molecule has 0 aliphatic rings. The van der Waals surface area contributed by atoms with Gasteiger partial charge in [-0.05, 0) is 0 Å². The van der Waals surface area contributed by atoms with Gasteiger partial charge in [-0.1, -0.05) is 5.16 Å². The summed E-state index contributed by atoms with van der Waals surface area (Å²) < 4.78 is 0. The summed E-state index contributed by atoms with van der Waals surface area (Å²) in [7, 11) is 0. The zero-order valence-electron chi connectivity index (χ0n) is 7.07. The number of hydrogen-bond donors (Lipinski definition) is 1. The predicted molar refractivity (Wildman–Crippen MR) is 55.4 cm³/mol. The maximum absolute atomic E-state index is 10.5. The van der Waals surface area contributed by atoms with Crippen LogP contribution in [0.1, 0.15) is 5.69 Å². The highest BCUT2D eigenvalue weighted by Gasteiger charge is 2.08. The summed E-state index contributed by atoms with van der Waals surface area (Å²) in [5.41, 5.74) is 5.73. The Morgan fingerprint density at radius 2 is 2.64 bits per heavy atom. The Hall–Kier alpha value is -1.14. The second-order valence-electron chi connectivity index (χ2n) is 2.14. The highest BCUT2D eigenvalue weighted by atomic mass is 35.5. The van der Waals surface area contributed by atoms with Crippen LogP contribution in [0.15, 0.2) is 10.5 Å². The lowest BCUT2D eigenvalue weighted by molar-refractivity contribution is 0.161. The maximum atomic E-state index is 10.5. The summed E-state index contributed by atoms with van der Waals surface area (Å²) in [6.45, 7) is 0.229. The van der Waals surface area contributed by atoms with Gasteiger partial charge in [0.1, 0.15) is 12.3 Å². The van der Waals surface area contributed by atoms with Crippen LogP contribution in [0, 0.1) is 0 Å². The number of nitrogen functional groups attached to an aromatic ring is 1. The van der Waals surface area contributed by atoms with Crippen molar-refractivity contribution in [3.8, 4) is 0 Å². The van der Waals surface area contributed by atoms with Crippen LogP contribution in [-0.4, -0.2) is 29.5 Å². The third-order valence-corrected chi connectivity index (χ3v) is 2.01. The molecule has 0 bridgehead atoms. The molecule has 5 nitrogen and oxygen atoms in total. The van der Waals surface area contributed by atoms with Crippen molar-refractivity contribution >= 4 is 40.1 Å². The number of rotatable bonds is 5. The molecule has 7 heteroatoms. The van der Waals surface area contributed by atoms with Gasteiger partial charge < -0.3 is 10.6 Å². The molecule has 0 saturated heterocycles. The molecule has 0 atom stereocenters. The van der Waals surface area contributed by atoms with Gasteiger partial charge in [0, 0.05) is 5.38 Å². The van der Waals surface area contributed by atoms with Crippen LogP contribution >= 0.6 is 22.9 Å². The lowest BCUT2D eigenvalue weighted by atomic mass is 10.3. The fraction of sp³-hybridized carbons (Fsp3) is 0.286. The van der Waals surface area contributed by atoms with E-state index >= 15 is 0 Å². The first-order chi connectivity index (χ1) is 6.77. The normalized spacial score (nSPS) is 11.4. The number of aromatic nitrogens is 1. The van der Waals surface area contributed by atoms with Crippen molar-refractivity contribution in [3.05, 3.63) is 11.1 Å². The van der Waals surface area contributed by atoms with Crippen molar-refractivity contribution in [1.82, 2.24) is 4.98 Å². The molecule has 1 rings (SSSR count). The second kappa shape index (κ2) is 5.56. The summed E-state index contributed by atoms with van der Waals surface area (Å²) in [5.74, 6) is 0.300. The quantitative estimate of drug-likeness (QED) is 0.353. The lowest BCUT2D eigenvalue weighted by Crippen LogP contribution is -2.05. The van der Waals surface area contributed by atoms with Gasteiger partial charge in [0.25, 0.3) is 6.29 Å². The van der Waals surface area contributed by atoms with Gasteiger partial charge in [-0.3, -0.25) is 4.79 Å². The minimum atomic E-state index is -0.0110. The zero-order valence-corrected chi connectivity index (χ0v) is 8.64. The number of nitrogens with zero attached hydrogens (tertiary/aromatic N) is 2. The Morgan fingerprint density at radius 1 is 1.86 bits per heavy atom. The van der Waals surface area contributed by atoms with E-state index < -0.39 is 0 Å². The Kier molecular flexibility index (Phi) is 4.34. The third kappa shape index (κ3) is 2.97. The highest BCUT2D eigenvalue weighted by molar-refractivity contribution is 7.13. The summed E-state index contributed by atoms with van der Waals surface area (Å²) >= 11 is 6.56. The number of thiazole rings is 1. The van der Waals surface area contributed by atoms with Crippen molar-refractivity contribution in [2.24, 2.45) is 5.16 Å². The van der Waals surface area contributed by atoms with Crippen LogP contribution < -0.4 is 5.73 Å². The lowest BCUT2D eigenvalue weighted by Gasteiger charge is -1.94. The van der Waals surface area contributed by atoms with Crippen LogP contribution in [0.5, 0.6) is 0 Å². The number of anilines is 1. The SMILES string of the molecule is Nc1nc(/C([C]=O)=N\OCCCl)cs1. The first kappa shape index (κ1) is 10.9. The van der Waals surface area contributed by atoms with Crippen LogP contribution in [0.4, 0.5) is 5.13 Å². The van der Waals surface area contributed by atoms with Crippen LogP contribution in [-0.2, 0) is 9.63 Å². The standard InChI is InChI=1S/C7H7ClN3O2S/c8-1-2-13-11-5(3-12)6-4-14-7(9)10-6/h4H,1-2H2,(H2,9,10)/b11-5-. The molecule has 0 aliphatic heterocycles. The van der Waals surface area contributed by atoms with Gasteiger partial charge in [-0.2, -0.15) is 0 Å². The summed E-state index contributed by atoms with van der Waals surface area (Å²) in [6, 6.07) is 0. The highest BCUT2D eigenvalue weighted by Crippen LogP contribution is 2.11. The summed E-state index contributed by atoms with van der Waals surface area (Å²) in [5, 5.41) is 5.47. The van der Waals surface area contributed by atoms with E-state index in [9.17, 15) is 4.79 Å². The molecule has 0 aromatic carbocycles. The molecule has 0 aliphatic carbocycles. The first-order valence-electron chi connectivity index (χ1n) is 3.63. The molecule has 75 valence electrons. The van der Waals surface area contributed by atoms with E-state index in [1.165, 1.54) is 11.3 Å². The molecule has 0 amide bonds. The number of alkyl halides is 1. The molecular weight excluding hydrogens is 226 g/mol. The first-order valence-corrected chi connectivity index (χ1v) is 5.04. The van der Waals surface area contributed by atoms with Gasteiger partial charge >= 0.3 is 0 Å². The van der Waals surface area contributed by atoms with Crippen molar-refractivity contribution in [2.45, 2.75) is 0 Å². The van der Waals surface area contributed by atoms with E-state index in [1.54, 1.807) is 11.7 Å². The summed E-state index contributed by atoms with van der Waals surface area (Å²) in [4.78, 5) is 19.0. The second-order valence-corrected chi connectivity index (χ2v) is 3.40.